The molecule has 0 bridgehead atoms. The number of anilines is 2. The number of carbonyl (C=O) groups excluding carboxylic acids is 4. The van der Waals surface area contributed by atoms with E-state index in [1.165, 1.54) is 29.7 Å². The van der Waals surface area contributed by atoms with E-state index < -0.39 is 23.7 Å². The molecule has 214 valence electrons. The van der Waals surface area contributed by atoms with Gasteiger partial charge in [0.05, 0.1) is 22.5 Å². The third-order valence-corrected chi connectivity index (χ3v) is 7.85. The molecule has 0 unspecified atom stereocenters. The van der Waals surface area contributed by atoms with Crippen molar-refractivity contribution in [1.29, 1.82) is 0 Å². The summed E-state index contributed by atoms with van der Waals surface area (Å²) in [7, 11) is 0. The average Bonchev–Trinajstić information content (AvgIpc) is 3.35. The highest BCUT2D eigenvalue weighted by Gasteiger charge is 2.20. The Morgan fingerprint density at radius 3 is 2.26 bits per heavy atom. The molecule has 9 nitrogen and oxygen atoms in total. The molecule has 43 heavy (non-hydrogen) atoms. The van der Waals surface area contributed by atoms with Gasteiger partial charge in [-0.25, -0.2) is 10.2 Å². The molecule has 12 heteroatoms. The number of esters is 1. The topological polar surface area (TPSA) is 126 Å². The first-order valence-corrected chi connectivity index (χ1v) is 14.2. The van der Waals surface area contributed by atoms with Gasteiger partial charge in [-0.3, -0.25) is 14.4 Å². The molecule has 0 fully saturated rings. The minimum atomic E-state index is -1.09. The monoisotopic (exact) mass is 630 g/mol. The van der Waals surface area contributed by atoms with Crippen LogP contribution in [0, 0.1) is 0 Å². The van der Waals surface area contributed by atoms with Crippen molar-refractivity contribution in [3.8, 4) is 5.75 Å². The van der Waals surface area contributed by atoms with Crippen molar-refractivity contribution in [3.05, 3.63) is 123 Å². The second-order valence-electron chi connectivity index (χ2n) is 8.83. The fraction of sp³-hybridized carbons (Fsp3) is 0. The van der Waals surface area contributed by atoms with Crippen molar-refractivity contribution in [2.45, 2.75) is 0 Å². The van der Waals surface area contributed by atoms with E-state index in [1.54, 1.807) is 60.7 Å². The molecule has 0 aliphatic heterocycles. The van der Waals surface area contributed by atoms with Gasteiger partial charge in [0.2, 0.25) is 0 Å². The molecular formula is C31H20Cl2N4O5S. The Bertz CT molecular complexity index is 1890. The quantitative estimate of drug-likeness (QED) is 0.0601. The van der Waals surface area contributed by atoms with Gasteiger partial charge in [-0.15, -0.1) is 11.3 Å². The Labute approximate surface area is 259 Å². The molecule has 0 aliphatic rings. The SMILES string of the molecule is O=C(N/N=C\c1ccccc1OC(=O)c1sc2ccccc2c1Cl)C(=O)Nc1ccccc1C(=O)Nc1ccc(Cl)cc1. The third-order valence-electron chi connectivity index (χ3n) is 5.94. The van der Waals surface area contributed by atoms with Crippen molar-refractivity contribution in [3.63, 3.8) is 0 Å². The Kier molecular flexibility index (Phi) is 9.11. The van der Waals surface area contributed by atoms with Crippen LogP contribution >= 0.6 is 34.5 Å². The number of ether oxygens (including phenoxy) is 1. The van der Waals surface area contributed by atoms with E-state index in [1.807, 2.05) is 24.3 Å². The Hall–Kier alpha value is -5.03. The lowest BCUT2D eigenvalue weighted by Gasteiger charge is -2.11. The number of rotatable bonds is 7. The summed E-state index contributed by atoms with van der Waals surface area (Å²) >= 11 is 13.5. The summed E-state index contributed by atoms with van der Waals surface area (Å²) in [5.41, 5.74) is 3.25. The standard InChI is InChI=1S/C31H20Cl2N4O5S/c32-19-13-15-20(16-14-19)35-28(38)21-8-2-4-10-23(21)36-29(39)30(40)37-34-17-18-7-1-5-11-24(18)42-31(41)27-26(33)22-9-3-6-12-25(22)43-27/h1-17H,(H,35,38)(H,36,39)(H,37,40)/b34-17-. The minimum Gasteiger partial charge on any atom is -0.422 e. The summed E-state index contributed by atoms with van der Waals surface area (Å²) in [5.74, 6) is -3.11. The number of benzene rings is 4. The fourth-order valence-corrected chi connectivity index (χ4v) is 5.39. The largest absolute Gasteiger partial charge is 0.422 e. The Morgan fingerprint density at radius 1 is 0.767 bits per heavy atom. The van der Waals surface area contributed by atoms with Gasteiger partial charge in [-0.05, 0) is 54.6 Å². The minimum absolute atomic E-state index is 0.121. The van der Waals surface area contributed by atoms with E-state index in [0.29, 0.717) is 21.3 Å². The maximum Gasteiger partial charge on any atom is 0.355 e. The third kappa shape index (κ3) is 7.07. The number of amides is 3. The van der Waals surface area contributed by atoms with Crippen molar-refractivity contribution in [2.75, 3.05) is 10.6 Å². The lowest BCUT2D eigenvalue weighted by atomic mass is 10.1. The first kappa shape index (κ1) is 29.5. The first-order valence-electron chi connectivity index (χ1n) is 12.6. The molecule has 3 amide bonds. The number of fused-ring (bicyclic) bond motifs is 1. The van der Waals surface area contributed by atoms with E-state index in [9.17, 15) is 19.2 Å². The van der Waals surface area contributed by atoms with Crippen molar-refractivity contribution < 1.29 is 23.9 Å². The number of hydrazone groups is 1. The van der Waals surface area contributed by atoms with Crippen molar-refractivity contribution >= 4 is 85.9 Å². The lowest BCUT2D eigenvalue weighted by molar-refractivity contribution is -0.136. The molecule has 0 atom stereocenters. The smallest absolute Gasteiger partial charge is 0.355 e. The summed E-state index contributed by atoms with van der Waals surface area (Å²) < 4.78 is 6.42. The summed E-state index contributed by atoms with van der Waals surface area (Å²) in [6.45, 7) is 0. The fourth-order valence-electron chi connectivity index (χ4n) is 3.88. The molecule has 0 saturated heterocycles. The molecule has 0 saturated carbocycles. The zero-order valence-corrected chi connectivity index (χ0v) is 24.3. The van der Waals surface area contributed by atoms with Crippen LogP contribution in [0.5, 0.6) is 5.75 Å². The Morgan fingerprint density at radius 2 is 1.47 bits per heavy atom. The van der Waals surface area contributed by atoms with E-state index in [4.69, 9.17) is 27.9 Å². The number of nitrogens with one attached hydrogen (secondary N) is 3. The summed E-state index contributed by atoms with van der Waals surface area (Å²) in [5, 5.41) is 10.5. The zero-order valence-electron chi connectivity index (χ0n) is 22.0. The van der Waals surface area contributed by atoms with Gasteiger partial charge in [0.1, 0.15) is 10.6 Å². The van der Waals surface area contributed by atoms with Crippen molar-refractivity contribution in [2.24, 2.45) is 5.10 Å². The van der Waals surface area contributed by atoms with Crippen LogP contribution in [0.3, 0.4) is 0 Å². The molecule has 0 radical (unpaired) electrons. The molecule has 3 N–H and O–H groups in total. The maximum absolute atomic E-state index is 12.9. The summed E-state index contributed by atoms with van der Waals surface area (Å²) in [4.78, 5) is 51.0. The molecule has 4 aromatic carbocycles. The molecule has 1 aromatic heterocycles. The average molecular weight is 631 g/mol. The van der Waals surface area contributed by atoms with Crippen LogP contribution in [0.4, 0.5) is 11.4 Å². The van der Waals surface area contributed by atoms with E-state index in [0.717, 1.165) is 10.1 Å². The van der Waals surface area contributed by atoms with Crippen LogP contribution in [0.2, 0.25) is 10.0 Å². The van der Waals surface area contributed by atoms with Gasteiger partial charge < -0.3 is 15.4 Å². The number of para-hydroxylation sites is 2. The van der Waals surface area contributed by atoms with Gasteiger partial charge in [0.25, 0.3) is 5.91 Å². The first-order chi connectivity index (χ1) is 20.8. The van der Waals surface area contributed by atoms with E-state index in [-0.39, 0.29) is 21.9 Å². The summed E-state index contributed by atoms with van der Waals surface area (Å²) in [6, 6.07) is 26.6. The molecule has 0 aliphatic carbocycles. The number of carbonyl (C=O) groups is 4. The molecule has 0 spiro atoms. The highest BCUT2D eigenvalue weighted by atomic mass is 35.5. The molecule has 5 rings (SSSR count). The number of hydrogen-bond donors (Lipinski definition) is 3. The number of halogens is 2. The van der Waals surface area contributed by atoms with Crippen LogP contribution in [0.25, 0.3) is 10.1 Å². The van der Waals surface area contributed by atoms with Gasteiger partial charge in [0, 0.05) is 26.4 Å². The van der Waals surface area contributed by atoms with Gasteiger partial charge in [-0.1, -0.05) is 65.7 Å². The van der Waals surface area contributed by atoms with E-state index >= 15 is 0 Å². The molecule has 1 heterocycles. The van der Waals surface area contributed by atoms with Crippen LogP contribution in [0.1, 0.15) is 25.6 Å². The van der Waals surface area contributed by atoms with Crippen LogP contribution in [-0.2, 0) is 9.59 Å². The number of hydrogen-bond acceptors (Lipinski definition) is 7. The van der Waals surface area contributed by atoms with Crippen LogP contribution < -0.4 is 20.8 Å². The highest BCUT2D eigenvalue weighted by molar-refractivity contribution is 7.21. The lowest BCUT2D eigenvalue weighted by Crippen LogP contribution is -2.33. The number of nitrogens with zero attached hydrogens (tertiary/aromatic N) is 1. The molecular weight excluding hydrogens is 611 g/mol. The van der Waals surface area contributed by atoms with Gasteiger partial charge in [-0.2, -0.15) is 5.10 Å². The predicted octanol–water partition coefficient (Wildman–Crippen LogP) is 6.77. The normalized spacial score (nSPS) is 10.8. The van der Waals surface area contributed by atoms with Crippen LogP contribution in [0.15, 0.2) is 102 Å². The Balaban J connectivity index is 1.22. The van der Waals surface area contributed by atoms with Crippen LogP contribution in [-0.4, -0.2) is 29.9 Å². The predicted molar refractivity (Wildman–Crippen MR) is 168 cm³/mol. The highest BCUT2D eigenvalue weighted by Crippen LogP contribution is 2.36. The van der Waals surface area contributed by atoms with Gasteiger partial charge >= 0.3 is 17.8 Å². The summed E-state index contributed by atoms with van der Waals surface area (Å²) in [6.07, 6.45) is 1.23. The van der Waals surface area contributed by atoms with E-state index in [2.05, 4.69) is 21.2 Å². The zero-order chi connectivity index (χ0) is 30.3. The van der Waals surface area contributed by atoms with Gasteiger partial charge in [0.15, 0.2) is 0 Å². The second-order valence-corrected chi connectivity index (χ2v) is 10.7. The maximum atomic E-state index is 12.9. The molecule has 5 aromatic rings. The van der Waals surface area contributed by atoms with Crippen molar-refractivity contribution in [1.82, 2.24) is 5.43 Å². The second kappa shape index (κ2) is 13.3. The number of thiophene rings is 1.